The molecule has 0 amide bonds. The van der Waals surface area contributed by atoms with Crippen LogP contribution < -0.4 is 5.32 Å². The quantitative estimate of drug-likeness (QED) is 0.767. The molecule has 92 valence electrons. The molecule has 2 atom stereocenters. The van der Waals surface area contributed by atoms with Gasteiger partial charge in [0.1, 0.15) is 0 Å². The number of aromatic nitrogens is 2. The number of nitrogens with zero attached hydrogens (tertiary/aromatic N) is 2. The fraction of sp³-hybridized carbons (Fsp3) is 0.727. The highest BCUT2D eigenvalue weighted by Crippen LogP contribution is 2.13. The number of anilines is 1. The van der Waals surface area contributed by atoms with Gasteiger partial charge < -0.3 is 19.4 Å². The van der Waals surface area contributed by atoms with Crippen molar-refractivity contribution in [2.24, 2.45) is 0 Å². The predicted molar refractivity (Wildman–Crippen MR) is 63.8 cm³/mol. The molecule has 0 saturated heterocycles. The van der Waals surface area contributed by atoms with Gasteiger partial charge in [-0.25, -0.2) is 4.98 Å². The third-order valence-corrected chi connectivity index (χ3v) is 2.50. The fourth-order valence-electron chi connectivity index (χ4n) is 1.45. The molecule has 0 aliphatic heterocycles. The molecule has 0 fully saturated rings. The van der Waals surface area contributed by atoms with E-state index in [1.54, 1.807) is 20.4 Å². The maximum atomic E-state index is 5.17. The second-order valence-electron chi connectivity index (χ2n) is 3.89. The van der Waals surface area contributed by atoms with E-state index in [-0.39, 0.29) is 12.1 Å². The first-order chi connectivity index (χ1) is 7.69. The first-order valence-electron chi connectivity index (χ1n) is 5.47. The number of rotatable bonds is 7. The van der Waals surface area contributed by atoms with Gasteiger partial charge in [0.05, 0.1) is 18.8 Å². The molecule has 1 rings (SSSR count). The van der Waals surface area contributed by atoms with Crippen molar-refractivity contribution in [2.75, 3.05) is 32.7 Å². The van der Waals surface area contributed by atoms with Crippen LogP contribution in [0.25, 0.3) is 0 Å². The lowest BCUT2D eigenvalue weighted by Gasteiger charge is -2.17. The molecular formula is C11H21N3O2. The Hall–Kier alpha value is -1.07. The Morgan fingerprint density at radius 2 is 2.19 bits per heavy atom. The van der Waals surface area contributed by atoms with Gasteiger partial charge in [-0.15, -0.1) is 0 Å². The third kappa shape index (κ3) is 3.50. The van der Waals surface area contributed by atoms with Gasteiger partial charge in [-0.2, -0.15) is 0 Å². The van der Waals surface area contributed by atoms with Crippen molar-refractivity contribution in [1.82, 2.24) is 9.55 Å². The summed E-state index contributed by atoms with van der Waals surface area (Å²) in [6.45, 7) is 5.52. The van der Waals surface area contributed by atoms with Crippen molar-refractivity contribution in [3.05, 3.63) is 12.4 Å². The monoisotopic (exact) mass is 227 g/mol. The molecular weight excluding hydrogens is 206 g/mol. The lowest BCUT2D eigenvalue weighted by molar-refractivity contribution is 0.128. The summed E-state index contributed by atoms with van der Waals surface area (Å²) in [5, 5.41) is 3.25. The molecule has 0 radical (unpaired) electrons. The van der Waals surface area contributed by atoms with E-state index in [0.29, 0.717) is 6.61 Å². The highest BCUT2D eigenvalue weighted by Gasteiger charge is 2.10. The van der Waals surface area contributed by atoms with Gasteiger partial charge >= 0.3 is 0 Å². The zero-order chi connectivity index (χ0) is 12.0. The molecule has 1 heterocycles. The Morgan fingerprint density at radius 1 is 1.44 bits per heavy atom. The number of imidazole rings is 1. The minimum absolute atomic E-state index is 0.169. The number of hydrogen-bond acceptors (Lipinski definition) is 4. The maximum Gasteiger partial charge on any atom is 0.203 e. The third-order valence-electron chi connectivity index (χ3n) is 2.50. The molecule has 0 aliphatic rings. The lowest BCUT2D eigenvalue weighted by atomic mass is 10.3. The molecule has 0 bridgehead atoms. The molecule has 1 N–H and O–H groups in total. The van der Waals surface area contributed by atoms with E-state index in [4.69, 9.17) is 9.47 Å². The Morgan fingerprint density at radius 3 is 2.81 bits per heavy atom. The van der Waals surface area contributed by atoms with Crippen molar-refractivity contribution in [3.8, 4) is 0 Å². The molecule has 2 unspecified atom stereocenters. The first kappa shape index (κ1) is 13.0. The van der Waals surface area contributed by atoms with E-state index in [0.717, 1.165) is 12.5 Å². The van der Waals surface area contributed by atoms with Gasteiger partial charge in [-0.05, 0) is 13.8 Å². The molecule has 0 saturated carbocycles. The summed E-state index contributed by atoms with van der Waals surface area (Å²) in [6, 6.07) is 0.271. The minimum atomic E-state index is 0.169. The average Bonchev–Trinajstić information content (AvgIpc) is 2.74. The zero-order valence-corrected chi connectivity index (χ0v) is 10.4. The topological polar surface area (TPSA) is 48.3 Å². The van der Waals surface area contributed by atoms with Crippen LogP contribution in [-0.4, -0.2) is 43.0 Å². The van der Waals surface area contributed by atoms with Gasteiger partial charge in [0.15, 0.2) is 0 Å². The second kappa shape index (κ2) is 6.50. The van der Waals surface area contributed by atoms with Gasteiger partial charge in [0.25, 0.3) is 0 Å². The number of hydrogen-bond donors (Lipinski definition) is 1. The molecule has 1 aromatic heterocycles. The summed E-state index contributed by atoms with van der Waals surface area (Å²) in [5.74, 6) is 0.855. The Balaban J connectivity index is 2.56. The Bertz CT molecular complexity index is 301. The van der Waals surface area contributed by atoms with E-state index in [1.165, 1.54) is 0 Å². The normalized spacial score (nSPS) is 14.8. The number of methoxy groups -OCH3 is 2. The summed E-state index contributed by atoms with van der Waals surface area (Å²) >= 11 is 0. The molecule has 0 spiro atoms. The lowest BCUT2D eigenvalue weighted by Crippen LogP contribution is -2.21. The highest BCUT2D eigenvalue weighted by molar-refractivity contribution is 5.26. The van der Waals surface area contributed by atoms with E-state index < -0.39 is 0 Å². The summed E-state index contributed by atoms with van der Waals surface area (Å²) in [7, 11) is 3.40. The number of ether oxygens (including phenoxy) is 2. The van der Waals surface area contributed by atoms with Crippen LogP contribution in [-0.2, 0) is 9.47 Å². The van der Waals surface area contributed by atoms with Crippen LogP contribution in [0.5, 0.6) is 0 Å². The van der Waals surface area contributed by atoms with E-state index in [2.05, 4.69) is 21.8 Å². The molecule has 16 heavy (non-hydrogen) atoms. The number of nitrogens with one attached hydrogen (secondary N) is 1. The van der Waals surface area contributed by atoms with Gasteiger partial charge in [-0.1, -0.05) is 0 Å². The summed E-state index contributed by atoms with van der Waals surface area (Å²) < 4.78 is 12.4. The van der Waals surface area contributed by atoms with Crippen LogP contribution in [0.4, 0.5) is 5.95 Å². The fourth-order valence-corrected chi connectivity index (χ4v) is 1.45. The summed E-state index contributed by atoms with van der Waals surface area (Å²) in [4.78, 5) is 4.27. The van der Waals surface area contributed by atoms with Crippen molar-refractivity contribution in [2.45, 2.75) is 26.0 Å². The van der Waals surface area contributed by atoms with Crippen LogP contribution in [0.2, 0.25) is 0 Å². The van der Waals surface area contributed by atoms with Crippen LogP contribution in [0.15, 0.2) is 12.4 Å². The molecule has 5 nitrogen and oxygen atoms in total. The van der Waals surface area contributed by atoms with Crippen molar-refractivity contribution in [1.29, 1.82) is 0 Å². The smallest absolute Gasteiger partial charge is 0.203 e. The highest BCUT2D eigenvalue weighted by atomic mass is 16.5. The molecule has 0 aromatic carbocycles. The van der Waals surface area contributed by atoms with Gasteiger partial charge in [0, 0.05) is 33.2 Å². The second-order valence-corrected chi connectivity index (χ2v) is 3.89. The summed E-state index contributed by atoms with van der Waals surface area (Å²) in [5.41, 5.74) is 0. The largest absolute Gasteiger partial charge is 0.383 e. The van der Waals surface area contributed by atoms with Crippen LogP contribution in [0, 0.1) is 0 Å². The van der Waals surface area contributed by atoms with Crippen molar-refractivity contribution < 1.29 is 9.47 Å². The van der Waals surface area contributed by atoms with Gasteiger partial charge in [0.2, 0.25) is 5.95 Å². The standard InChI is InChI=1S/C11H21N3O2/c1-9(8-15-3)14-6-5-12-11(14)13-7-10(2)16-4/h5-6,9-10H,7-8H2,1-4H3,(H,12,13). The molecule has 1 aromatic rings. The van der Waals surface area contributed by atoms with Gasteiger partial charge in [-0.3, -0.25) is 0 Å². The maximum absolute atomic E-state index is 5.17. The van der Waals surface area contributed by atoms with E-state index in [9.17, 15) is 0 Å². The average molecular weight is 227 g/mol. The summed E-state index contributed by atoms with van der Waals surface area (Å²) in [6.07, 6.45) is 3.90. The first-order valence-corrected chi connectivity index (χ1v) is 5.47. The SMILES string of the molecule is COCC(C)n1ccnc1NCC(C)OC. The van der Waals surface area contributed by atoms with Crippen molar-refractivity contribution >= 4 is 5.95 Å². The molecule has 0 aliphatic carbocycles. The van der Waals surface area contributed by atoms with Crippen LogP contribution in [0.3, 0.4) is 0 Å². The molecule has 5 heteroatoms. The van der Waals surface area contributed by atoms with Crippen LogP contribution in [0.1, 0.15) is 19.9 Å². The minimum Gasteiger partial charge on any atom is -0.383 e. The van der Waals surface area contributed by atoms with E-state index in [1.807, 2.05) is 13.1 Å². The Labute approximate surface area is 96.8 Å². The van der Waals surface area contributed by atoms with Crippen molar-refractivity contribution in [3.63, 3.8) is 0 Å². The zero-order valence-electron chi connectivity index (χ0n) is 10.4. The predicted octanol–water partition coefficient (Wildman–Crippen LogP) is 1.54. The Kier molecular flexibility index (Phi) is 5.28. The van der Waals surface area contributed by atoms with Crippen LogP contribution >= 0.6 is 0 Å². The van der Waals surface area contributed by atoms with E-state index >= 15 is 0 Å².